The van der Waals surface area contributed by atoms with Crippen molar-refractivity contribution in [2.45, 2.75) is 24.3 Å². The van der Waals surface area contributed by atoms with Gasteiger partial charge in [0, 0.05) is 0 Å². The summed E-state index contributed by atoms with van der Waals surface area (Å²) in [5.41, 5.74) is 5.99. The van der Waals surface area contributed by atoms with Gasteiger partial charge in [-0.3, -0.25) is 4.57 Å². The molecule has 9 nitrogen and oxygen atoms in total. The predicted molar refractivity (Wildman–Crippen MR) is 70.7 cm³/mol. The number of halogens is 1. The number of nitrogens with two attached hydrogens (primary N) is 1. The number of hydrogen-bond acceptors (Lipinski definition) is 8. The Balaban J connectivity index is 2.12. The summed E-state index contributed by atoms with van der Waals surface area (Å²) < 4.78 is 20.3. The second kappa shape index (κ2) is 4.85. The summed E-state index contributed by atoms with van der Waals surface area (Å²) in [5.74, 6) is -0.600. The van der Waals surface area contributed by atoms with Gasteiger partial charge >= 0.3 is 0 Å². The van der Waals surface area contributed by atoms with Crippen molar-refractivity contribution in [3.05, 3.63) is 12.2 Å². The molecule has 4 atom stereocenters. The fraction of sp³-hybridized carbons (Fsp3) is 0.417. The number of aliphatic hydroxyl groups excluding tert-OH is 3. The molecular formula is C12H12FN5O4. The molecule has 0 unspecified atom stereocenters. The highest BCUT2D eigenvalue weighted by molar-refractivity contribution is 5.82. The summed E-state index contributed by atoms with van der Waals surface area (Å²) in [7, 11) is 0. The normalized spacial score (nSPS) is 31.5. The number of nitrogen functional groups attached to an aromatic ring is 1. The number of aromatic nitrogens is 4. The molecule has 1 aliphatic rings. The molecule has 0 radical (unpaired) electrons. The summed E-state index contributed by atoms with van der Waals surface area (Å²) in [6.45, 7) is -1.12. The topological polar surface area (TPSA) is 140 Å². The molecule has 5 N–H and O–H groups in total. The second-order valence-electron chi connectivity index (χ2n) is 4.79. The summed E-state index contributed by atoms with van der Waals surface area (Å²) in [4.78, 5) is 11.8. The molecule has 1 fully saturated rings. The third-order valence-corrected chi connectivity index (χ3v) is 3.44. The van der Waals surface area contributed by atoms with Crippen LogP contribution < -0.4 is 5.73 Å². The molecule has 0 aromatic carbocycles. The summed E-state index contributed by atoms with van der Waals surface area (Å²) >= 11 is 0. The summed E-state index contributed by atoms with van der Waals surface area (Å²) in [6, 6.07) is 0. The van der Waals surface area contributed by atoms with Crippen LogP contribution in [0.1, 0.15) is 12.1 Å². The van der Waals surface area contributed by atoms with Crippen molar-refractivity contribution in [1.82, 2.24) is 19.5 Å². The number of alkyl halides is 1. The van der Waals surface area contributed by atoms with E-state index in [1.165, 1.54) is 10.9 Å². The van der Waals surface area contributed by atoms with E-state index < -0.39 is 30.9 Å². The monoisotopic (exact) mass is 309 g/mol. The van der Waals surface area contributed by atoms with Crippen LogP contribution in [0.4, 0.5) is 10.2 Å². The number of hydrogen-bond donors (Lipinski definition) is 4. The van der Waals surface area contributed by atoms with Gasteiger partial charge < -0.3 is 25.8 Å². The van der Waals surface area contributed by atoms with Crippen molar-refractivity contribution in [2.24, 2.45) is 0 Å². The van der Waals surface area contributed by atoms with Gasteiger partial charge in [-0.05, 0) is 5.92 Å². The average Bonchev–Trinajstić information content (AvgIpc) is 3.03. The molecule has 0 saturated carbocycles. The zero-order valence-electron chi connectivity index (χ0n) is 11.1. The van der Waals surface area contributed by atoms with Crippen LogP contribution in [0.5, 0.6) is 0 Å². The van der Waals surface area contributed by atoms with Gasteiger partial charge in [0.15, 0.2) is 17.7 Å². The molecule has 0 bridgehead atoms. The second-order valence-corrected chi connectivity index (χ2v) is 4.79. The Bertz CT molecular complexity index is 775. The molecule has 2 aromatic heterocycles. The maximum absolute atomic E-state index is 14.1. The molecule has 10 heteroatoms. The van der Waals surface area contributed by atoms with E-state index in [-0.39, 0.29) is 22.8 Å². The number of anilines is 1. The van der Waals surface area contributed by atoms with Gasteiger partial charge in [0.2, 0.25) is 5.82 Å². The van der Waals surface area contributed by atoms with E-state index in [4.69, 9.17) is 22.0 Å². The van der Waals surface area contributed by atoms with E-state index in [2.05, 4.69) is 20.9 Å². The van der Waals surface area contributed by atoms with Crippen LogP contribution >= 0.6 is 0 Å². The van der Waals surface area contributed by atoms with Crippen molar-refractivity contribution >= 4 is 17.0 Å². The lowest BCUT2D eigenvalue weighted by Gasteiger charge is -2.19. The molecule has 3 rings (SSSR count). The molecule has 1 saturated heterocycles. The Kier molecular flexibility index (Phi) is 3.22. The first kappa shape index (κ1) is 14.6. The van der Waals surface area contributed by atoms with E-state index in [1.54, 1.807) is 0 Å². The number of ether oxygens (including phenoxy) is 1. The predicted octanol–water partition coefficient (Wildman–Crippen LogP) is -1.70. The van der Waals surface area contributed by atoms with Crippen LogP contribution in [-0.4, -0.2) is 59.5 Å². The van der Waals surface area contributed by atoms with E-state index in [0.29, 0.717) is 0 Å². The first-order chi connectivity index (χ1) is 10.4. The number of terminal acetylenes is 1. The highest BCUT2D eigenvalue weighted by Gasteiger charge is 2.56. The SMILES string of the molecule is C#Cc1nc(N)c2ncn([C@@H]3O[C@](F)(CO)[C@@H](O)[C@H]3O)c2n1. The molecule has 22 heavy (non-hydrogen) atoms. The molecule has 3 heterocycles. The van der Waals surface area contributed by atoms with Gasteiger partial charge in [0.1, 0.15) is 24.3 Å². The minimum Gasteiger partial charge on any atom is -0.390 e. The number of imidazole rings is 1. The van der Waals surface area contributed by atoms with Crippen LogP contribution in [0.3, 0.4) is 0 Å². The quantitative estimate of drug-likeness (QED) is 0.481. The third-order valence-electron chi connectivity index (χ3n) is 3.44. The number of rotatable bonds is 2. The molecule has 0 aliphatic carbocycles. The van der Waals surface area contributed by atoms with E-state index in [1.807, 2.05) is 0 Å². The first-order valence-corrected chi connectivity index (χ1v) is 6.21. The Morgan fingerprint density at radius 1 is 1.50 bits per heavy atom. The molecule has 1 aliphatic heterocycles. The fourth-order valence-electron chi connectivity index (χ4n) is 2.29. The Labute approximate surface area is 123 Å². The summed E-state index contributed by atoms with van der Waals surface area (Å²) in [6.07, 6.45) is 1.46. The number of fused-ring (bicyclic) bond motifs is 1. The van der Waals surface area contributed by atoms with E-state index in [0.717, 1.165) is 0 Å². The fourth-order valence-corrected chi connectivity index (χ4v) is 2.29. The van der Waals surface area contributed by atoms with Crippen LogP contribution in [0, 0.1) is 12.3 Å². The molecule has 116 valence electrons. The lowest BCUT2D eigenvalue weighted by molar-refractivity contribution is -0.206. The van der Waals surface area contributed by atoms with Crippen molar-refractivity contribution in [3.63, 3.8) is 0 Å². The summed E-state index contributed by atoms with van der Waals surface area (Å²) in [5, 5.41) is 28.6. The Morgan fingerprint density at radius 3 is 2.82 bits per heavy atom. The zero-order chi connectivity index (χ0) is 16.1. The first-order valence-electron chi connectivity index (χ1n) is 6.21. The number of nitrogens with zero attached hydrogens (tertiary/aromatic N) is 4. The molecular weight excluding hydrogens is 297 g/mol. The van der Waals surface area contributed by atoms with Crippen LogP contribution in [0.2, 0.25) is 0 Å². The molecule has 0 spiro atoms. The highest BCUT2D eigenvalue weighted by atomic mass is 19.2. The van der Waals surface area contributed by atoms with Crippen molar-refractivity contribution in [3.8, 4) is 12.3 Å². The Hall–Kier alpha value is -2.32. The largest absolute Gasteiger partial charge is 0.390 e. The lowest BCUT2D eigenvalue weighted by Crippen LogP contribution is -2.42. The van der Waals surface area contributed by atoms with Gasteiger partial charge in [-0.2, -0.15) is 0 Å². The van der Waals surface area contributed by atoms with Crippen LogP contribution in [0.25, 0.3) is 11.2 Å². The standard InChI is InChI=1S/C12H12FN5O4/c1-2-5-16-9(14)6-10(17-5)18(4-15-6)11-7(20)8(21)12(13,3-19)22-11/h1,4,7-8,11,19-21H,3H2,(H2,14,16,17)/t7-,8+,11-,12-/m1/s1. The maximum atomic E-state index is 14.1. The molecule has 2 aromatic rings. The maximum Gasteiger partial charge on any atom is 0.263 e. The van der Waals surface area contributed by atoms with E-state index >= 15 is 0 Å². The Morgan fingerprint density at radius 2 is 2.23 bits per heavy atom. The van der Waals surface area contributed by atoms with Crippen molar-refractivity contribution in [1.29, 1.82) is 0 Å². The third kappa shape index (κ3) is 1.92. The van der Waals surface area contributed by atoms with Gasteiger partial charge in [0.05, 0.1) is 6.33 Å². The van der Waals surface area contributed by atoms with Gasteiger partial charge in [-0.25, -0.2) is 19.3 Å². The molecule has 0 amide bonds. The van der Waals surface area contributed by atoms with Crippen molar-refractivity contribution in [2.75, 3.05) is 12.3 Å². The lowest BCUT2D eigenvalue weighted by atomic mass is 10.1. The number of aliphatic hydroxyl groups is 3. The zero-order valence-corrected chi connectivity index (χ0v) is 11.1. The van der Waals surface area contributed by atoms with Gasteiger partial charge in [0.25, 0.3) is 5.85 Å². The smallest absolute Gasteiger partial charge is 0.263 e. The minimum atomic E-state index is -2.80. The van der Waals surface area contributed by atoms with Crippen LogP contribution in [-0.2, 0) is 4.74 Å². The van der Waals surface area contributed by atoms with E-state index in [9.17, 15) is 14.6 Å². The van der Waals surface area contributed by atoms with Crippen LogP contribution in [0.15, 0.2) is 6.33 Å². The highest BCUT2D eigenvalue weighted by Crippen LogP contribution is 2.39. The van der Waals surface area contributed by atoms with Crippen molar-refractivity contribution < 1.29 is 24.4 Å². The minimum absolute atomic E-state index is 0.0124. The van der Waals surface area contributed by atoms with Gasteiger partial charge in [-0.1, -0.05) is 0 Å². The van der Waals surface area contributed by atoms with Gasteiger partial charge in [-0.15, -0.1) is 6.42 Å². The average molecular weight is 309 g/mol.